The molecule has 0 saturated carbocycles. The number of rotatable bonds is 4. The number of hydrogen-bond acceptors (Lipinski definition) is 6. The van der Waals surface area contributed by atoms with Crippen LogP contribution in [0, 0.1) is 13.8 Å². The van der Waals surface area contributed by atoms with Gasteiger partial charge in [0.1, 0.15) is 16.9 Å². The molecule has 0 bridgehead atoms. The van der Waals surface area contributed by atoms with E-state index in [1.165, 1.54) is 4.68 Å². The lowest BCUT2D eigenvalue weighted by atomic mass is 10.1. The van der Waals surface area contributed by atoms with Crippen LogP contribution in [0.5, 0.6) is 0 Å². The number of pyridine rings is 1. The number of hydrogen-bond donors (Lipinski definition) is 2. The number of fused-ring (bicyclic) bond motifs is 2. The van der Waals surface area contributed by atoms with Crippen LogP contribution < -0.4 is 11.1 Å². The summed E-state index contributed by atoms with van der Waals surface area (Å²) in [4.78, 5) is 26.9. The second-order valence-electron chi connectivity index (χ2n) is 7.82. The molecule has 0 aliphatic rings. The molecule has 0 unspecified atom stereocenters. The molecule has 2 aromatic carbocycles. The maximum absolute atomic E-state index is 13.4. The molecule has 8 heteroatoms. The van der Waals surface area contributed by atoms with E-state index < -0.39 is 0 Å². The smallest absolute Gasteiger partial charge is 0.261 e. The predicted octanol–water partition coefficient (Wildman–Crippen LogP) is 4.31. The number of carbonyl (C=O) groups excluding carboxylic acids is 1. The van der Waals surface area contributed by atoms with Crippen LogP contribution in [0.4, 0.5) is 11.5 Å². The van der Waals surface area contributed by atoms with Crippen LogP contribution in [0.3, 0.4) is 0 Å². The van der Waals surface area contributed by atoms with Crippen molar-refractivity contribution in [3.05, 3.63) is 89.2 Å². The van der Waals surface area contributed by atoms with Crippen molar-refractivity contribution in [3.63, 3.8) is 0 Å². The Morgan fingerprint density at radius 2 is 1.76 bits per heavy atom. The van der Waals surface area contributed by atoms with E-state index in [0.29, 0.717) is 27.9 Å². The summed E-state index contributed by atoms with van der Waals surface area (Å²) in [5.74, 6) is -0.218. The molecule has 0 aliphatic heterocycles. The van der Waals surface area contributed by atoms with Gasteiger partial charge < -0.3 is 11.1 Å². The minimum atomic E-state index is -0.373. The number of nitrogens with two attached hydrogens (primary N) is 1. The van der Waals surface area contributed by atoms with Gasteiger partial charge in [-0.05, 0) is 55.3 Å². The number of anilines is 2. The summed E-state index contributed by atoms with van der Waals surface area (Å²) in [6.45, 7) is 3.96. The SMILES string of the molecule is Cc1cc(C)cc(NC(=O)c2c(N)n(N=Cc3cccnc3)c3nc4ccccc4nc23)c1. The Bertz CT molecular complexity index is 1520. The van der Waals surface area contributed by atoms with Crippen molar-refractivity contribution in [2.45, 2.75) is 13.8 Å². The molecule has 8 nitrogen and oxygen atoms in total. The zero-order valence-corrected chi connectivity index (χ0v) is 18.1. The number of nitrogens with one attached hydrogen (secondary N) is 1. The van der Waals surface area contributed by atoms with E-state index >= 15 is 0 Å². The molecular weight excluding hydrogens is 414 g/mol. The number of amides is 1. The Morgan fingerprint density at radius 3 is 2.45 bits per heavy atom. The molecule has 1 amide bonds. The van der Waals surface area contributed by atoms with Gasteiger partial charge in [-0.3, -0.25) is 9.78 Å². The summed E-state index contributed by atoms with van der Waals surface area (Å²) in [7, 11) is 0. The zero-order valence-electron chi connectivity index (χ0n) is 18.1. The first-order chi connectivity index (χ1) is 16.0. The Balaban J connectivity index is 1.67. The van der Waals surface area contributed by atoms with Gasteiger partial charge >= 0.3 is 0 Å². The third-order valence-electron chi connectivity index (χ3n) is 5.19. The van der Waals surface area contributed by atoms with Gasteiger partial charge in [0.15, 0.2) is 5.65 Å². The van der Waals surface area contributed by atoms with Crippen molar-refractivity contribution in [2.24, 2.45) is 5.10 Å². The number of aryl methyl sites for hydroxylation is 2. The fourth-order valence-electron chi connectivity index (χ4n) is 3.81. The molecule has 3 N–H and O–H groups in total. The molecule has 0 spiro atoms. The molecule has 0 fully saturated rings. The van der Waals surface area contributed by atoms with E-state index in [1.54, 1.807) is 18.6 Å². The minimum Gasteiger partial charge on any atom is -0.383 e. The highest BCUT2D eigenvalue weighted by Gasteiger charge is 2.24. The number of carbonyl (C=O) groups is 1. The predicted molar refractivity (Wildman–Crippen MR) is 131 cm³/mol. The van der Waals surface area contributed by atoms with Crippen LogP contribution in [0.1, 0.15) is 27.0 Å². The number of para-hydroxylation sites is 2. The van der Waals surface area contributed by atoms with E-state index in [9.17, 15) is 4.79 Å². The molecule has 162 valence electrons. The Morgan fingerprint density at radius 1 is 1.03 bits per heavy atom. The summed E-state index contributed by atoms with van der Waals surface area (Å²) in [5.41, 5.74) is 12.4. The fraction of sp³-hybridized carbons (Fsp3) is 0.0800. The molecule has 0 atom stereocenters. The van der Waals surface area contributed by atoms with Crippen molar-refractivity contribution >= 4 is 45.8 Å². The van der Waals surface area contributed by atoms with Gasteiger partial charge in [-0.15, -0.1) is 0 Å². The summed E-state index contributed by atoms with van der Waals surface area (Å²) in [5, 5.41) is 7.44. The second-order valence-corrected chi connectivity index (χ2v) is 7.82. The van der Waals surface area contributed by atoms with Gasteiger partial charge in [-0.1, -0.05) is 24.3 Å². The van der Waals surface area contributed by atoms with Crippen LogP contribution in [0.2, 0.25) is 0 Å². The van der Waals surface area contributed by atoms with Crippen molar-refractivity contribution in [3.8, 4) is 0 Å². The highest BCUT2D eigenvalue weighted by Crippen LogP contribution is 2.29. The Kier molecular flexibility index (Phi) is 5.02. The van der Waals surface area contributed by atoms with Crippen LogP contribution in [0.25, 0.3) is 22.2 Å². The average molecular weight is 435 g/mol. The van der Waals surface area contributed by atoms with Crippen molar-refractivity contribution in [1.29, 1.82) is 0 Å². The van der Waals surface area contributed by atoms with Gasteiger partial charge in [0, 0.05) is 23.6 Å². The molecule has 33 heavy (non-hydrogen) atoms. The standard InChI is InChI=1S/C25H21N7O/c1-15-10-16(2)12-18(11-15)29-25(33)21-22-24(31-20-8-4-3-7-19(20)30-22)32(23(21)26)28-14-17-6-5-9-27-13-17/h3-14H,26H2,1-2H3,(H,29,33). The largest absolute Gasteiger partial charge is 0.383 e. The first kappa shape index (κ1) is 20.3. The molecule has 3 aromatic heterocycles. The van der Waals surface area contributed by atoms with E-state index in [4.69, 9.17) is 15.7 Å². The molecule has 5 aromatic rings. The zero-order chi connectivity index (χ0) is 22.9. The lowest BCUT2D eigenvalue weighted by Crippen LogP contribution is -2.14. The quantitative estimate of drug-likeness (QED) is 0.409. The van der Waals surface area contributed by atoms with E-state index in [2.05, 4.69) is 15.4 Å². The van der Waals surface area contributed by atoms with Crippen LogP contribution in [-0.2, 0) is 0 Å². The maximum Gasteiger partial charge on any atom is 0.261 e. The highest BCUT2D eigenvalue weighted by molar-refractivity contribution is 6.16. The minimum absolute atomic E-state index is 0.155. The number of benzene rings is 2. The van der Waals surface area contributed by atoms with Gasteiger partial charge in [0.25, 0.3) is 5.91 Å². The van der Waals surface area contributed by atoms with E-state index in [-0.39, 0.29) is 17.3 Å². The molecule has 3 heterocycles. The Labute approximate surface area is 189 Å². The molecular formula is C25H21N7O. The van der Waals surface area contributed by atoms with Crippen molar-refractivity contribution in [2.75, 3.05) is 11.1 Å². The van der Waals surface area contributed by atoms with E-state index in [1.807, 2.05) is 68.4 Å². The Hall–Kier alpha value is -4.59. The average Bonchev–Trinajstić information content (AvgIpc) is 3.06. The molecule has 0 radical (unpaired) electrons. The van der Waals surface area contributed by atoms with Crippen molar-refractivity contribution < 1.29 is 4.79 Å². The normalized spacial score (nSPS) is 11.5. The van der Waals surface area contributed by atoms with E-state index in [0.717, 1.165) is 16.7 Å². The fourth-order valence-corrected chi connectivity index (χ4v) is 3.81. The number of nitrogens with zero attached hydrogens (tertiary/aromatic N) is 5. The summed E-state index contributed by atoms with van der Waals surface area (Å²) in [6, 6.07) is 17.0. The van der Waals surface area contributed by atoms with Crippen LogP contribution in [-0.4, -0.2) is 31.7 Å². The lowest BCUT2D eigenvalue weighted by Gasteiger charge is -2.07. The molecule has 0 saturated heterocycles. The lowest BCUT2D eigenvalue weighted by molar-refractivity contribution is 0.102. The number of nitrogen functional groups attached to an aromatic ring is 1. The molecule has 5 rings (SSSR count). The highest BCUT2D eigenvalue weighted by atomic mass is 16.1. The van der Waals surface area contributed by atoms with Crippen LogP contribution >= 0.6 is 0 Å². The third-order valence-corrected chi connectivity index (χ3v) is 5.19. The van der Waals surface area contributed by atoms with Gasteiger partial charge in [-0.2, -0.15) is 9.78 Å². The third kappa shape index (κ3) is 3.89. The summed E-state index contributed by atoms with van der Waals surface area (Å²) >= 11 is 0. The summed E-state index contributed by atoms with van der Waals surface area (Å²) in [6.07, 6.45) is 4.98. The monoisotopic (exact) mass is 435 g/mol. The topological polar surface area (TPSA) is 111 Å². The molecule has 0 aliphatic carbocycles. The second kappa shape index (κ2) is 8.16. The van der Waals surface area contributed by atoms with Crippen molar-refractivity contribution in [1.82, 2.24) is 19.6 Å². The van der Waals surface area contributed by atoms with Crippen LogP contribution in [0.15, 0.2) is 72.1 Å². The first-order valence-corrected chi connectivity index (χ1v) is 10.4. The summed E-state index contributed by atoms with van der Waals surface area (Å²) < 4.78 is 1.44. The van der Waals surface area contributed by atoms with Gasteiger partial charge in [0.2, 0.25) is 0 Å². The number of aromatic nitrogens is 4. The maximum atomic E-state index is 13.4. The first-order valence-electron chi connectivity index (χ1n) is 10.4. The van der Waals surface area contributed by atoms with Gasteiger partial charge in [-0.25, -0.2) is 9.97 Å². The van der Waals surface area contributed by atoms with Gasteiger partial charge in [0.05, 0.1) is 17.2 Å².